The molecule has 0 aromatic heterocycles. The SMILES string of the molecule is CC(C)(C)c1ccc2c(c1)C1(c3ccccc3)CCCCC1(C)N2c1cc2c3c(c1)N1c4c(cc([Si](C)(C)C)cc4C4(C)CCCCC14C)B3c1cc(-c3ccccc3)ccc1N2c1ccc(-c2ccccc2)cc1. The molecular weight excluding hydrogens is 922 g/mol. The zero-order chi connectivity index (χ0) is 51.4. The van der Waals surface area contributed by atoms with E-state index in [9.17, 15) is 0 Å². The summed E-state index contributed by atoms with van der Waals surface area (Å²) in [4.78, 5) is 8.54. The Kier molecular flexibility index (Phi) is 10.2. The lowest BCUT2D eigenvalue weighted by atomic mass is 9.33. The van der Waals surface area contributed by atoms with E-state index in [-0.39, 0.29) is 34.0 Å². The van der Waals surface area contributed by atoms with Crippen molar-refractivity contribution in [1.29, 1.82) is 0 Å². The molecule has 2 fully saturated rings. The molecule has 0 spiro atoms. The number of hydrogen-bond donors (Lipinski definition) is 0. The van der Waals surface area contributed by atoms with Gasteiger partial charge in [-0.05, 0) is 142 Å². The van der Waals surface area contributed by atoms with Crippen molar-refractivity contribution in [2.75, 3.05) is 14.7 Å². The van der Waals surface area contributed by atoms with Gasteiger partial charge < -0.3 is 14.7 Å². The van der Waals surface area contributed by atoms with Gasteiger partial charge in [-0.15, -0.1) is 0 Å². The molecule has 0 bridgehead atoms. The standard InChI is InChI=1S/C70H72BN3Si/c1-66(2,3)52-32-36-60-56(42-52)70(51-27-17-12-18-28-51)40-22-21-39-69(70,6)73(60)54-43-62-64-63(44-54)74-65-57(67(4)37-19-20-38-68(67,74)5)45-55(75(7,8)9)46-59(65)71(64)58-41-50(48-25-15-11-16-26-48)31-35-61(58)72(62)53-33-29-49(30-34-53)47-23-13-10-14-24-47/h10-18,23-36,41-46H,19-22,37-40H2,1-9H3. The van der Waals surface area contributed by atoms with Crippen molar-refractivity contribution in [3.05, 3.63) is 198 Å². The van der Waals surface area contributed by atoms with E-state index in [1.54, 1.807) is 10.8 Å². The first-order valence-corrected chi connectivity index (χ1v) is 31.9. The average Bonchev–Trinajstić information content (AvgIpc) is 3.90. The van der Waals surface area contributed by atoms with Crippen LogP contribution in [0.1, 0.15) is 115 Å². The van der Waals surface area contributed by atoms with Gasteiger partial charge >= 0.3 is 0 Å². The minimum absolute atomic E-state index is 0.00946. The lowest BCUT2D eigenvalue weighted by molar-refractivity contribution is 0.195. The number of hydrogen-bond acceptors (Lipinski definition) is 3. The van der Waals surface area contributed by atoms with E-state index < -0.39 is 8.07 Å². The molecule has 4 aliphatic heterocycles. The number of anilines is 7. The Bertz CT molecular complexity index is 3600. The molecule has 8 aromatic carbocycles. The van der Waals surface area contributed by atoms with Crippen LogP contribution in [0.3, 0.4) is 0 Å². The van der Waals surface area contributed by atoms with Crippen molar-refractivity contribution in [3.8, 4) is 22.3 Å². The van der Waals surface area contributed by atoms with Crippen LogP contribution < -0.4 is 36.3 Å². The molecule has 0 amide bonds. The summed E-state index contributed by atoms with van der Waals surface area (Å²) < 4.78 is 0. The molecule has 5 heteroatoms. The number of nitrogens with zero attached hydrogens (tertiary/aromatic N) is 3. The summed E-state index contributed by atoms with van der Waals surface area (Å²) >= 11 is 0. The molecule has 6 aliphatic rings. The predicted octanol–water partition coefficient (Wildman–Crippen LogP) is 16.0. The highest BCUT2D eigenvalue weighted by atomic mass is 28.3. The van der Waals surface area contributed by atoms with Crippen LogP contribution >= 0.6 is 0 Å². The summed E-state index contributed by atoms with van der Waals surface area (Å²) in [6, 6.07) is 69.1. The molecule has 0 radical (unpaired) electrons. The van der Waals surface area contributed by atoms with Gasteiger partial charge in [0.2, 0.25) is 0 Å². The lowest BCUT2D eigenvalue weighted by Crippen LogP contribution is -2.65. The molecule has 0 saturated heterocycles. The van der Waals surface area contributed by atoms with Crippen molar-refractivity contribution in [2.45, 2.75) is 140 Å². The summed E-state index contributed by atoms with van der Waals surface area (Å²) in [5.41, 5.74) is 24.1. The third kappa shape index (κ3) is 6.46. The molecule has 4 atom stereocenters. The molecule has 0 N–H and O–H groups in total. The van der Waals surface area contributed by atoms with Gasteiger partial charge in [0.25, 0.3) is 6.71 Å². The third-order valence-electron chi connectivity index (χ3n) is 20.2. The van der Waals surface area contributed by atoms with E-state index in [0.29, 0.717) is 0 Å². The van der Waals surface area contributed by atoms with Crippen molar-refractivity contribution < 1.29 is 0 Å². The maximum Gasteiger partial charge on any atom is 0.252 e. The average molecular weight is 994 g/mol. The first kappa shape index (κ1) is 46.9. The Morgan fingerprint density at radius 2 is 1.05 bits per heavy atom. The summed E-state index contributed by atoms with van der Waals surface area (Å²) in [5, 5.41) is 1.58. The maximum absolute atomic E-state index is 2.97. The summed E-state index contributed by atoms with van der Waals surface area (Å²) in [6.07, 6.45) is 9.54. The second-order valence-corrected chi connectivity index (χ2v) is 31.2. The van der Waals surface area contributed by atoms with Crippen LogP contribution in [0, 0.1) is 0 Å². The summed E-state index contributed by atoms with van der Waals surface area (Å²) in [6.45, 7) is 22.9. The van der Waals surface area contributed by atoms with E-state index in [2.05, 4.69) is 252 Å². The Morgan fingerprint density at radius 1 is 0.467 bits per heavy atom. The van der Waals surface area contributed by atoms with Crippen molar-refractivity contribution in [2.24, 2.45) is 0 Å². The van der Waals surface area contributed by atoms with E-state index >= 15 is 0 Å². The van der Waals surface area contributed by atoms with Crippen LogP contribution in [0.5, 0.6) is 0 Å². The van der Waals surface area contributed by atoms with E-state index in [0.717, 1.165) is 12.8 Å². The zero-order valence-electron chi connectivity index (χ0n) is 45.8. The smallest absolute Gasteiger partial charge is 0.252 e. The van der Waals surface area contributed by atoms with Crippen molar-refractivity contribution in [3.63, 3.8) is 0 Å². The fourth-order valence-corrected chi connectivity index (χ4v) is 17.2. The Balaban J connectivity index is 1.10. The molecule has 4 heterocycles. The largest absolute Gasteiger partial charge is 0.335 e. The van der Waals surface area contributed by atoms with E-state index in [4.69, 9.17) is 0 Å². The van der Waals surface area contributed by atoms with Gasteiger partial charge in [-0.1, -0.05) is 218 Å². The summed E-state index contributed by atoms with van der Waals surface area (Å²) in [5.74, 6) is 0. The molecule has 14 rings (SSSR count). The van der Waals surface area contributed by atoms with Gasteiger partial charge in [0.1, 0.15) is 0 Å². The predicted molar refractivity (Wildman–Crippen MR) is 324 cm³/mol. The summed E-state index contributed by atoms with van der Waals surface area (Å²) in [7, 11) is -1.79. The molecule has 374 valence electrons. The van der Waals surface area contributed by atoms with Crippen LogP contribution in [0.2, 0.25) is 19.6 Å². The topological polar surface area (TPSA) is 9.72 Å². The van der Waals surface area contributed by atoms with Crippen LogP contribution in [-0.2, 0) is 16.2 Å². The van der Waals surface area contributed by atoms with Gasteiger partial charge in [-0.2, -0.15) is 0 Å². The first-order chi connectivity index (χ1) is 36.0. The second kappa shape index (κ2) is 16.2. The minimum atomic E-state index is -1.79. The molecule has 3 nitrogen and oxygen atoms in total. The van der Waals surface area contributed by atoms with Crippen LogP contribution in [0.15, 0.2) is 176 Å². The van der Waals surface area contributed by atoms with Crippen molar-refractivity contribution in [1.82, 2.24) is 0 Å². The Morgan fingerprint density at radius 3 is 1.73 bits per heavy atom. The lowest BCUT2D eigenvalue weighted by Gasteiger charge is -2.54. The first-order valence-electron chi connectivity index (χ1n) is 28.4. The fourth-order valence-electron chi connectivity index (χ4n) is 16.0. The van der Waals surface area contributed by atoms with Crippen LogP contribution in [-0.4, -0.2) is 25.9 Å². The van der Waals surface area contributed by atoms with Gasteiger partial charge in [-0.25, -0.2) is 0 Å². The molecular formula is C70H72BN3Si. The Hall–Kier alpha value is -6.56. The molecule has 8 aromatic rings. The molecule has 4 unspecified atom stereocenters. The Labute approximate surface area is 448 Å². The number of fused-ring (bicyclic) bond motifs is 10. The fraction of sp³-hybridized carbons (Fsp3) is 0.314. The normalized spacial score (nSPS) is 24.0. The van der Waals surface area contributed by atoms with E-state index in [1.807, 2.05) is 0 Å². The highest BCUT2D eigenvalue weighted by molar-refractivity contribution is 7.01. The molecule has 75 heavy (non-hydrogen) atoms. The van der Waals surface area contributed by atoms with Crippen LogP contribution in [0.25, 0.3) is 22.3 Å². The second-order valence-electron chi connectivity index (χ2n) is 26.1. The van der Waals surface area contributed by atoms with Gasteiger partial charge in [0.05, 0.1) is 19.2 Å². The maximum atomic E-state index is 2.97. The third-order valence-corrected chi connectivity index (χ3v) is 22.2. The van der Waals surface area contributed by atoms with Gasteiger partial charge in [0.15, 0.2) is 0 Å². The van der Waals surface area contributed by atoms with Crippen molar-refractivity contribution >= 4 is 76.2 Å². The zero-order valence-corrected chi connectivity index (χ0v) is 46.8. The van der Waals surface area contributed by atoms with Gasteiger partial charge in [0, 0.05) is 50.6 Å². The molecule has 2 aliphatic carbocycles. The monoisotopic (exact) mass is 994 g/mol. The highest BCUT2D eigenvalue weighted by Gasteiger charge is 2.64. The number of rotatable bonds is 6. The highest BCUT2D eigenvalue weighted by Crippen LogP contribution is 2.66. The quantitative estimate of drug-likeness (QED) is 0.154. The minimum Gasteiger partial charge on any atom is -0.335 e. The van der Waals surface area contributed by atoms with Gasteiger partial charge in [-0.3, -0.25) is 0 Å². The number of benzene rings is 8. The van der Waals surface area contributed by atoms with Crippen LogP contribution in [0.4, 0.5) is 39.8 Å². The van der Waals surface area contributed by atoms with E-state index in [1.165, 1.54) is 134 Å². The molecule has 2 saturated carbocycles.